The SMILES string of the molecule is OCc1ccc(CNCCC2=CCCCC2)o1. The maximum absolute atomic E-state index is 8.87. The lowest BCUT2D eigenvalue weighted by Gasteiger charge is -2.12. The Morgan fingerprint density at radius 1 is 1.24 bits per heavy atom. The second-order valence-corrected chi connectivity index (χ2v) is 4.56. The van der Waals surface area contributed by atoms with Crippen LogP contribution in [0.3, 0.4) is 0 Å². The standard InChI is InChI=1S/C14H21NO2/c16-11-14-7-6-13(17-14)10-15-9-8-12-4-2-1-3-5-12/h4,6-7,15-16H,1-3,5,8-11H2. The van der Waals surface area contributed by atoms with Crippen molar-refractivity contribution in [2.45, 2.75) is 45.3 Å². The molecule has 1 aromatic heterocycles. The van der Waals surface area contributed by atoms with E-state index in [-0.39, 0.29) is 6.61 Å². The number of hydrogen-bond acceptors (Lipinski definition) is 3. The van der Waals surface area contributed by atoms with Crippen molar-refractivity contribution < 1.29 is 9.52 Å². The van der Waals surface area contributed by atoms with Crippen LogP contribution in [0.2, 0.25) is 0 Å². The first kappa shape index (κ1) is 12.4. The molecule has 0 spiro atoms. The summed E-state index contributed by atoms with van der Waals surface area (Å²) in [5, 5.41) is 12.2. The quantitative estimate of drug-likeness (QED) is 0.588. The Hall–Kier alpha value is -1.06. The van der Waals surface area contributed by atoms with Gasteiger partial charge >= 0.3 is 0 Å². The monoisotopic (exact) mass is 235 g/mol. The van der Waals surface area contributed by atoms with Crippen molar-refractivity contribution >= 4 is 0 Å². The molecular weight excluding hydrogens is 214 g/mol. The van der Waals surface area contributed by atoms with Gasteiger partial charge in [0, 0.05) is 0 Å². The molecular formula is C14H21NO2. The first-order chi connectivity index (χ1) is 8.38. The van der Waals surface area contributed by atoms with Crippen LogP contribution in [0, 0.1) is 0 Å². The fourth-order valence-electron chi connectivity index (χ4n) is 2.19. The maximum atomic E-state index is 8.87. The van der Waals surface area contributed by atoms with E-state index in [1.807, 2.05) is 12.1 Å². The average molecular weight is 235 g/mol. The molecule has 0 saturated heterocycles. The second-order valence-electron chi connectivity index (χ2n) is 4.56. The molecule has 0 radical (unpaired) electrons. The van der Waals surface area contributed by atoms with Gasteiger partial charge in [-0.05, 0) is 50.8 Å². The highest BCUT2D eigenvalue weighted by Crippen LogP contribution is 2.19. The third-order valence-corrected chi connectivity index (χ3v) is 3.18. The number of hydrogen-bond donors (Lipinski definition) is 2. The van der Waals surface area contributed by atoms with Gasteiger partial charge in [-0.25, -0.2) is 0 Å². The van der Waals surface area contributed by atoms with E-state index in [0.717, 1.165) is 25.3 Å². The molecule has 1 aliphatic rings. The zero-order chi connectivity index (χ0) is 11.9. The molecule has 17 heavy (non-hydrogen) atoms. The van der Waals surface area contributed by atoms with Crippen LogP contribution in [0.25, 0.3) is 0 Å². The zero-order valence-corrected chi connectivity index (χ0v) is 10.2. The third-order valence-electron chi connectivity index (χ3n) is 3.18. The van der Waals surface area contributed by atoms with Gasteiger partial charge in [-0.3, -0.25) is 0 Å². The molecule has 94 valence electrons. The number of allylic oxidation sites excluding steroid dienone is 1. The second kappa shape index (κ2) is 6.62. The Labute approximate surface area is 103 Å². The van der Waals surface area contributed by atoms with Gasteiger partial charge in [-0.15, -0.1) is 0 Å². The highest BCUT2D eigenvalue weighted by molar-refractivity contribution is 5.07. The first-order valence-corrected chi connectivity index (χ1v) is 6.45. The van der Waals surface area contributed by atoms with Crippen LogP contribution in [-0.4, -0.2) is 11.7 Å². The maximum Gasteiger partial charge on any atom is 0.129 e. The van der Waals surface area contributed by atoms with Crippen molar-refractivity contribution in [2.24, 2.45) is 0 Å². The first-order valence-electron chi connectivity index (χ1n) is 6.45. The van der Waals surface area contributed by atoms with E-state index in [1.54, 1.807) is 5.57 Å². The minimum atomic E-state index is -0.0209. The topological polar surface area (TPSA) is 45.4 Å². The predicted molar refractivity (Wildman–Crippen MR) is 67.5 cm³/mol. The summed E-state index contributed by atoms with van der Waals surface area (Å²) in [5.41, 5.74) is 1.60. The minimum Gasteiger partial charge on any atom is -0.462 e. The Balaban J connectivity index is 1.64. The Bertz CT molecular complexity index is 368. The van der Waals surface area contributed by atoms with E-state index in [9.17, 15) is 0 Å². The molecule has 0 bridgehead atoms. The Morgan fingerprint density at radius 2 is 2.12 bits per heavy atom. The van der Waals surface area contributed by atoms with Crippen molar-refractivity contribution in [1.29, 1.82) is 0 Å². The van der Waals surface area contributed by atoms with Crippen LogP contribution >= 0.6 is 0 Å². The van der Waals surface area contributed by atoms with Gasteiger partial charge < -0.3 is 14.8 Å². The van der Waals surface area contributed by atoms with E-state index < -0.39 is 0 Å². The molecule has 2 N–H and O–H groups in total. The van der Waals surface area contributed by atoms with E-state index >= 15 is 0 Å². The summed E-state index contributed by atoms with van der Waals surface area (Å²) in [7, 11) is 0. The van der Waals surface area contributed by atoms with Gasteiger partial charge in [0.05, 0.1) is 6.54 Å². The summed E-state index contributed by atoms with van der Waals surface area (Å²) < 4.78 is 5.40. The molecule has 0 saturated carbocycles. The summed E-state index contributed by atoms with van der Waals surface area (Å²) >= 11 is 0. The van der Waals surface area contributed by atoms with E-state index in [0.29, 0.717) is 5.76 Å². The summed E-state index contributed by atoms with van der Waals surface area (Å²) in [6.07, 6.45) is 8.77. The van der Waals surface area contributed by atoms with Gasteiger partial charge in [0.2, 0.25) is 0 Å². The minimum absolute atomic E-state index is 0.0209. The zero-order valence-electron chi connectivity index (χ0n) is 10.2. The summed E-state index contributed by atoms with van der Waals surface area (Å²) in [5.74, 6) is 1.53. The molecule has 2 rings (SSSR count). The molecule has 1 aromatic rings. The lowest BCUT2D eigenvalue weighted by Crippen LogP contribution is -2.15. The predicted octanol–water partition coefficient (Wildman–Crippen LogP) is 2.75. The lowest BCUT2D eigenvalue weighted by atomic mass is 9.97. The van der Waals surface area contributed by atoms with Gasteiger partial charge in [0.15, 0.2) is 0 Å². The Morgan fingerprint density at radius 3 is 2.82 bits per heavy atom. The largest absolute Gasteiger partial charge is 0.462 e. The number of aliphatic hydroxyl groups is 1. The van der Waals surface area contributed by atoms with E-state index in [4.69, 9.17) is 9.52 Å². The number of furan rings is 1. The number of rotatable bonds is 6. The summed E-state index contributed by atoms with van der Waals surface area (Å²) in [6, 6.07) is 3.74. The van der Waals surface area contributed by atoms with Crippen LogP contribution in [0.4, 0.5) is 0 Å². The van der Waals surface area contributed by atoms with E-state index in [2.05, 4.69) is 11.4 Å². The summed E-state index contributed by atoms with van der Waals surface area (Å²) in [4.78, 5) is 0. The molecule has 0 atom stereocenters. The lowest BCUT2D eigenvalue weighted by molar-refractivity contribution is 0.243. The number of aliphatic hydroxyl groups excluding tert-OH is 1. The van der Waals surface area contributed by atoms with Crippen molar-refractivity contribution in [3.05, 3.63) is 35.3 Å². The van der Waals surface area contributed by atoms with Crippen molar-refractivity contribution in [3.8, 4) is 0 Å². The van der Waals surface area contributed by atoms with Gasteiger partial charge in [0.1, 0.15) is 18.1 Å². The van der Waals surface area contributed by atoms with Gasteiger partial charge in [-0.1, -0.05) is 11.6 Å². The van der Waals surface area contributed by atoms with Crippen LogP contribution < -0.4 is 5.32 Å². The fourth-order valence-corrected chi connectivity index (χ4v) is 2.19. The molecule has 0 aromatic carbocycles. The van der Waals surface area contributed by atoms with Crippen LogP contribution in [-0.2, 0) is 13.2 Å². The number of nitrogens with one attached hydrogen (secondary N) is 1. The van der Waals surface area contributed by atoms with Gasteiger partial charge in [0.25, 0.3) is 0 Å². The highest BCUT2D eigenvalue weighted by atomic mass is 16.4. The van der Waals surface area contributed by atoms with Gasteiger partial charge in [-0.2, -0.15) is 0 Å². The highest BCUT2D eigenvalue weighted by Gasteiger charge is 2.04. The van der Waals surface area contributed by atoms with E-state index in [1.165, 1.54) is 25.7 Å². The van der Waals surface area contributed by atoms with Crippen molar-refractivity contribution in [1.82, 2.24) is 5.32 Å². The molecule has 0 unspecified atom stereocenters. The molecule has 1 heterocycles. The molecule has 0 amide bonds. The molecule has 0 fully saturated rings. The van der Waals surface area contributed by atoms with Crippen molar-refractivity contribution in [3.63, 3.8) is 0 Å². The van der Waals surface area contributed by atoms with Crippen LogP contribution in [0.5, 0.6) is 0 Å². The fraction of sp³-hybridized carbons (Fsp3) is 0.571. The Kier molecular flexibility index (Phi) is 4.83. The van der Waals surface area contributed by atoms with Crippen molar-refractivity contribution in [2.75, 3.05) is 6.54 Å². The normalized spacial score (nSPS) is 15.9. The molecule has 1 aliphatic carbocycles. The molecule has 3 heteroatoms. The summed E-state index contributed by atoms with van der Waals surface area (Å²) in [6.45, 7) is 1.72. The smallest absolute Gasteiger partial charge is 0.129 e. The average Bonchev–Trinajstić information content (AvgIpc) is 2.84. The molecule has 3 nitrogen and oxygen atoms in total. The molecule has 0 aliphatic heterocycles. The van der Waals surface area contributed by atoms with Crippen LogP contribution in [0.1, 0.15) is 43.6 Å². The van der Waals surface area contributed by atoms with Crippen LogP contribution in [0.15, 0.2) is 28.2 Å². The third kappa shape index (κ3) is 4.02.